The van der Waals surface area contributed by atoms with Crippen LogP contribution in [-0.4, -0.2) is 223 Å². The number of ether oxygens (including phenoxy) is 12. The Balaban J connectivity index is 0.00000560. The van der Waals surface area contributed by atoms with Crippen LogP contribution in [-0.2, 0) is 66.4 Å². The van der Waals surface area contributed by atoms with Gasteiger partial charge in [0.05, 0.1) is 77.3 Å². The first-order chi connectivity index (χ1) is 31.8. The molecule has 5 fully saturated rings. The zero-order chi connectivity index (χ0) is 49.4. The van der Waals surface area contributed by atoms with E-state index in [9.17, 15) is 50.4 Å². The summed E-state index contributed by atoms with van der Waals surface area (Å²) in [6.07, 6.45) is -21.9. The normalized spacial score (nSPS) is 44.3. The minimum atomic E-state index is -1.87. The van der Waals surface area contributed by atoms with Crippen LogP contribution in [0.5, 0.6) is 0 Å². The molecule has 0 aromatic carbocycles. The zero-order valence-electron chi connectivity index (χ0n) is 41.4. The smallest absolute Gasteiger partial charge is 0.335 e. The Hall–Kier alpha value is 2.50. The first-order valence-electron chi connectivity index (χ1n) is 23.5. The summed E-state index contributed by atoms with van der Waals surface area (Å²) in [7, 11) is 0. The minimum absolute atomic E-state index is 0. The molecule has 0 spiro atoms. The second-order valence-corrected chi connectivity index (χ2v) is 18.8. The average Bonchev–Trinajstić information content (AvgIpc) is 3.30. The molecule has 10 N–H and O–H groups in total. The van der Waals surface area contributed by atoms with Crippen molar-refractivity contribution in [3.8, 4) is 0 Å². The topological polar surface area (TPSA) is 333 Å². The van der Waals surface area contributed by atoms with Gasteiger partial charge in [-0.25, -0.2) is 9.59 Å². The summed E-state index contributed by atoms with van der Waals surface area (Å²) < 4.78 is 71.7. The molecule has 5 aliphatic heterocycles. The third-order valence-electron chi connectivity index (χ3n) is 14.5. The molecule has 5 aliphatic rings. The molecule has 70 heavy (non-hydrogen) atoms. The van der Waals surface area contributed by atoms with Crippen LogP contribution in [0.1, 0.15) is 55.4 Å². The molecule has 0 unspecified atom stereocenters. The largest absolute Gasteiger partial charge is 0.479 e. The first-order valence-corrected chi connectivity index (χ1v) is 23.5. The number of carboxylic acid groups (broad SMARTS) is 2. The van der Waals surface area contributed by atoms with Crippen LogP contribution in [0.4, 0.5) is 0 Å². The molecule has 0 amide bonds. The van der Waals surface area contributed by atoms with Crippen LogP contribution in [0.25, 0.3) is 0 Å². The number of hydrogen-bond acceptors (Lipinski definition) is 21. The molecule has 0 aromatic rings. The van der Waals surface area contributed by atoms with Gasteiger partial charge in [0.1, 0.15) is 48.8 Å². The summed E-state index contributed by atoms with van der Waals surface area (Å²) in [6.45, 7) is 14.6. The fraction of sp³-hybridized carbons (Fsp3) is 0.955. The maximum absolute atomic E-state index is 12.8. The fourth-order valence-electron chi connectivity index (χ4n) is 9.61. The summed E-state index contributed by atoms with van der Waals surface area (Å²) in [6, 6.07) is 0. The van der Waals surface area contributed by atoms with Gasteiger partial charge in [-0.05, 0) is 24.7 Å². The van der Waals surface area contributed by atoms with Gasteiger partial charge >= 0.3 is 11.9 Å². The third kappa shape index (κ3) is 16.8. The van der Waals surface area contributed by atoms with Crippen molar-refractivity contribution < 1.29 is 239 Å². The number of carboxylic acids is 2. The van der Waals surface area contributed by atoms with Crippen molar-refractivity contribution in [2.75, 3.05) is 59.4 Å². The molecule has 0 aliphatic carbocycles. The van der Waals surface area contributed by atoms with Crippen LogP contribution in [0.3, 0.4) is 0 Å². The summed E-state index contributed by atoms with van der Waals surface area (Å²) in [5.41, 5.74) is 5.42. The second-order valence-electron chi connectivity index (χ2n) is 18.8. The molecule has 0 saturated carbocycles. The molecule has 5 rings (SSSR count). The van der Waals surface area contributed by atoms with Crippen molar-refractivity contribution in [3.63, 3.8) is 0 Å². The van der Waals surface area contributed by atoms with E-state index in [-0.39, 0.29) is 157 Å². The summed E-state index contributed by atoms with van der Waals surface area (Å²) in [4.78, 5) is 25.5. The summed E-state index contributed by atoms with van der Waals surface area (Å²) >= 11 is 0. The van der Waals surface area contributed by atoms with Crippen molar-refractivity contribution in [2.24, 2.45) is 47.2 Å². The number of aliphatic hydroxyl groups is 6. The molecular weight excluding hydrogens is 1580 g/mol. The van der Waals surface area contributed by atoms with Gasteiger partial charge in [-0.3, -0.25) is 0 Å². The second kappa shape index (κ2) is 32.5. The van der Waals surface area contributed by atoms with Crippen molar-refractivity contribution in [3.05, 3.63) is 0 Å². The maximum atomic E-state index is 12.8. The quantitative estimate of drug-likeness (QED) is 0.0544. The molecule has 5 saturated heterocycles. The van der Waals surface area contributed by atoms with Crippen LogP contribution >= 0.6 is 0 Å². The van der Waals surface area contributed by atoms with E-state index in [1.165, 1.54) is 0 Å². The van der Waals surface area contributed by atoms with E-state index in [1.54, 1.807) is 41.5 Å². The van der Waals surface area contributed by atoms with E-state index in [0.717, 1.165) is 0 Å². The maximum Gasteiger partial charge on any atom is 0.335 e. The molecule has 23 nitrogen and oxygen atoms in total. The Labute approximate surface area is 517 Å². The van der Waals surface area contributed by atoms with Crippen molar-refractivity contribution in [1.82, 2.24) is 0 Å². The van der Waals surface area contributed by atoms with Gasteiger partial charge in [0.2, 0.25) is 0 Å². The molecule has 25 atom stereocenters. The van der Waals surface area contributed by atoms with Crippen LogP contribution in [0.2, 0.25) is 0 Å². The Morgan fingerprint density at radius 1 is 0.443 bits per heavy atom. The van der Waals surface area contributed by atoms with Crippen LogP contribution < -0.4 is 5.73 Å². The molecule has 0 bridgehead atoms. The molecule has 5 heterocycles. The molecule has 0 aromatic heterocycles. The van der Waals surface area contributed by atoms with E-state index in [1.807, 2.05) is 13.8 Å². The number of rotatable bonds is 22. The van der Waals surface area contributed by atoms with Gasteiger partial charge in [-0.2, -0.15) is 0 Å². The average molecular weight is 1650 g/mol. The van der Waals surface area contributed by atoms with E-state index in [4.69, 9.17) is 62.6 Å². The Kier molecular flexibility index (Phi) is 31.9. The monoisotopic (exact) mass is 1650 g/mol. The Morgan fingerprint density at radius 2 is 0.829 bits per heavy atom. The standard InChI is InChI=1S/C44H77NO22.3Ac/c1-18-21(4)41(60-26(15-46)32(18)58-14-13-57-12-11-56-10-9-45)63-34-19(2)23(6)43(67-37(34)39(52)53)65-36-28(17-48)61-44(31(51)30(36)50)64-35-20(3)22(5)42(66-38(35)40(54)55)62-33-24(7)29(49)25(8)59-27(33)16-47;;;/h18-38,41-44,46-51H,9-17,45H2,1-8H3,(H,52,53)(H,54,55);;;/t18-,19-,20-,21-,22-,23-,24-,25-,26-,27-,28-,29-,30-,31-,32+,33+,34+,35+,36-,37+,38-,41-,42-,43-,44-;;;/m1.../s1. The summed E-state index contributed by atoms with van der Waals surface area (Å²) in [5.74, 6) is -6.25. The SMILES string of the molecule is C[C@@H]1[C@@H](C)[C@H](O[C@H]2[C@H](O)[C@@H](O)[C@@H](O[C@H]3[C@H](C)[C@@H](C)[C@H](O[C@H]4[C@H](C)[C@@H](O)[C@@H](C)O[C@@H]4CO)O[C@H]3C(=O)O)O[C@@H]2CO)O[C@H](C(=O)O)[C@H]1O[C@H]1O[C@H](CO)[C@@H](OCCOCCOCCN)[C@H](C)[C@H]1C.[Ac].[Ac].[Ac]. The predicted octanol–water partition coefficient (Wildman–Crippen LogP) is -1.73. The van der Waals surface area contributed by atoms with Gasteiger partial charge in [0.15, 0.2) is 37.4 Å². The predicted molar refractivity (Wildman–Crippen MR) is 228 cm³/mol. The summed E-state index contributed by atoms with van der Waals surface area (Å²) in [5, 5.41) is 85.1. The van der Waals surface area contributed by atoms with Crippen molar-refractivity contribution in [2.45, 2.75) is 166 Å². The number of carbonyl (C=O) groups is 2. The van der Waals surface area contributed by atoms with Crippen molar-refractivity contribution in [1.29, 1.82) is 0 Å². The van der Waals surface area contributed by atoms with Gasteiger partial charge in [-0.1, -0.05) is 48.5 Å². The fourth-order valence-corrected chi connectivity index (χ4v) is 9.61. The zero-order valence-corrected chi connectivity index (χ0v) is 55.6. The number of hydrogen-bond donors (Lipinski definition) is 9. The molecule has 399 valence electrons. The third-order valence-corrected chi connectivity index (χ3v) is 14.5. The minimum Gasteiger partial charge on any atom is -0.479 e. The number of aliphatic hydroxyl groups excluding tert-OH is 6. The van der Waals surface area contributed by atoms with Gasteiger partial charge in [-0.15, -0.1) is 0 Å². The number of nitrogens with two attached hydrogens (primary N) is 1. The first kappa shape index (κ1) is 68.6. The van der Waals surface area contributed by atoms with Crippen LogP contribution in [0.15, 0.2) is 0 Å². The van der Waals surface area contributed by atoms with E-state index < -0.39 is 172 Å². The molecule has 3 radical (unpaired) electrons. The van der Waals surface area contributed by atoms with Gasteiger partial charge in [0.25, 0.3) is 0 Å². The Morgan fingerprint density at radius 3 is 1.31 bits per heavy atom. The van der Waals surface area contributed by atoms with E-state index in [0.29, 0.717) is 26.4 Å². The molecule has 26 heteroatoms. The van der Waals surface area contributed by atoms with Gasteiger partial charge in [0, 0.05) is 162 Å². The van der Waals surface area contributed by atoms with Gasteiger partial charge < -0.3 is 103 Å². The number of aliphatic carboxylic acids is 2. The van der Waals surface area contributed by atoms with E-state index >= 15 is 0 Å². The Bertz CT molecular complexity index is 1530. The van der Waals surface area contributed by atoms with Crippen molar-refractivity contribution >= 4 is 11.9 Å². The van der Waals surface area contributed by atoms with Crippen LogP contribution in [0, 0.1) is 174 Å². The van der Waals surface area contributed by atoms with E-state index in [2.05, 4.69) is 0 Å². The molecular formula is C44H77Ac3NO22.